The maximum atomic E-state index is 8.79. The van der Waals surface area contributed by atoms with E-state index in [4.69, 9.17) is 5.11 Å². The summed E-state index contributed by atoms with van der Waals surface area (Å²) in [7, 11) is 0. The van der Waals surface area contributed by atoms with E-state index < -0.39 is 0 Å². The molecule has 1 aromatic heterocycles. The van der Waals surface area contributed by atoms with Gasteiger partial charge in [-0.25, -0.2) is 0 Å². The third kappa shape index (κ3) is 3.85. The minimum absolute atomic E-state index is 0.122. The third-order valence-electron chi connectivity index (χ3n) is 2.56. The molecule has 5 heteroatoms. The molecule has 1 aromatic carbocycles. The molecular weight excluding hydrogens is 246 g/mol. The van der Waals surface area contributed by atoms with Crippen LogP contribution < -0.4 is 0 Å². The molecule has 0 saturated heterocycles. The molecule has 0 spiro atoms. The first-order valence-electron chi connectivity index (χ1n) is 5.97. The Kier molecular flexibility index (Phi) is 4.78. The first-order valence-corrected chi connectivity index (χ1v) is 6.96. The molecule has 0 fully saturated rings. The normalized spacial score (nSPS) is 10.8. The van der Waals surface area contributed by atoms with Crippen molar-refractivity contribution in [3.8, 4) is 0 Å². The maximum absolute atomic E-state index is 8.79. The highest BCUT2D eigenvalue weighted by atomic mass is 32.2. The van der Waals surface area contributed by atoms with Crippen molar-refractivity contribution in [1.29, 1.82) is 0 Å². The van der Waals surface area contributed by atoms with Gasteiger partial charge in [0.25, 0.3) is 0 Å². The number of rotatable bonds is 6. The summed E-state index contributed by atoms with van der Waals surface area (Å²) in [5.41, 5.74) is 2.13. The summed E-state index contributed by atoms with van der Waals surface area (Å²) in [6.07, 6.45) is 2.47. The van der Waals surface area contributed by atoms with E-state index in [1.54, 1.807) is 0 Å². The number of aryl methyl sites for hydroxylation is 2. The average Bonchev–Trinajstić information content (AvgIpc) is 2.80. The summed E-state index contributed by atoms with van der Waals surface area (Å²) >= 11 is 1.81. The molecule has 0 aliphatic rings. The highest BCUT2D eigenvalue weighted by molar-refractivity contribution is 7.99. The van der Waals surface area contributed by atoms with Gasteiger partial charge in [-0.05, 0) is 19.1 Å². The van der Waals surface area contributed by atoms with Crippen LogP contribution in [0.4, 0.5) is 0 Å². The van der Waals surface area contributed by atoms with Gasteiger partial charge in [0.15, 0.2) is 0 Å². The Hall–Kier alpha value is -1.33. The van der Waals surface area contributed by atoms with Crippen LogP contribution >= 0.6 is 11.8 Å². The number of hydrogen-bond acceptors (Lipinski definition) is 4. The van der Waals surface area contributed by atoms with Crippen LogP contribution in [0.25, 0.3) is 0 Å². The SMILES string of the molecule is Cc1ccc(SCCn2cc(CCO)nn2)cc1. The van der Waals surface area contributed by atoms with Crippen molar-refractivity contribution in [2.45, 2.75) is 24.8 Å². The van der Waals surface area contributed by atoms with Crippen LogP contribution in [0.3, 0.4) is 0 Å². The Balaban J connectivity index is 1.79. The Morgan fingerprint density at radius 2 is 2.06 bits per heavy atom. The van der Waals surface area contributed by atoms with Crippen molar-refractivity contribution >= 4 is 11.8 Å². The van der Waals surface area contributed by atoms with Gasteiger partial charge in [0, 0.05) is 29.9 Å². The van der Waals surface area contributed by atoms with Crippen LogP contribution in [-0.2, 0) is 13.0 Å². The highest BCUT2D eigenvalue weighted by Gasteiger charge is 2.00. The van der Waals surface area contributed by atoms with E-state index in [1.807, 2.05) is 22.6 Å². The molecule has 0 saturated carbocycles. The molecule has 0 amide bonds. The topological polar surface area (TPSA) is 50.9 Å². The predicted octanol–water partition coefficient (Wildman–Crippen LogP) is 1.91. The van der Waals surface area contributed by atoms with E-state index in [9.17, 15) is 0 Å². The first-order chi connectivity index (χ1) is 8.78. The number of thioether (sulfide) groups is 1. The molecule has 96 valence electrons. The molecule has 2 aromatic rings. The Morgan fingerprint density at radius 1 is 1.28 bits per heavy atom. The molecule has 0 bridgehead atoms. The largest absolute Gasteiger partial charge is 0.396 e. The maximum Gasteiger partial charge on any atom is 0.0849 e. The highest BCUT2D eigenvalue weighted by Crippen LogP contribution is 2.18. The summed E-state index contributed by atoms with van der Waals surface area (Å²) in [6, 6.07) is 8.52. The van der Waals surface area contributed by atoms with Gasteiger partial charge in [-0.15, -0.1) is 16.9 Å². The Bertz CT molecular complexity index is 481. The lowest BCUT2D eigenvalue weighted by molar-refractivity contribution is 0.298. The van der Waals surface area contributed by atoms with Crippen LogP contribution in [0.1, 0.15) is 11.3 Å². The predicted molar refractivity (Wildman–Crippen MR) is 72.7 cm³/mol. The summed E-state index contributed by atoms with van der Waals surface area (Å²) in [5.74, 6) is 0.963. The lowest BCUT2D eigenvalue weighted by atomic mass is 10.2. The van der Waals surface area contributed by atoms with Gasteiger partial charge in [-0.3, -0.25) is 4.68 Å². The summed E-state index contributed by atoms with van der Waals surface area (Å²) < 4.78 is 1.83. The van der Waals surface area contributed by atoms with Gasteiger partial charge >= 0.3 is 0 Å². The van der Waals surface area contributed by atoms with Crippen LogP contribution in [0.5, 0.6) is 0 Å². The quantitative estimate of drug-likeness (QED) is 0.809. The molecule has 0 unspecified atom stereocenters. The van der Waals surface area contributed by atoms with E-state index in [0.29, 0.717) is 6.42 Å². The van der Waals surface area contributed by atoms with Crippen molar-refractivity contribution < 1.29 is 5.11 Å². The molecule has 0 atom stereocenters. The second kappa shape index (κ2) is 6.56. The zero-order valence-electron chi connectivity index (χ0n) is 10.4. The fourth-order valence-electron chi connectivity index (χ4n) is 1.57. The fraction of sp³-hybridized carbons (Fsp3) is 0.385. The summed E-state index contributed by atoms with van der Waals surface area (Å²) in [5, 5.41) is 16.8. The van der Waals surface area contributed by atoms with Crippen molar-refractivity contribution in [1.82, 2.24) is 15.0 Å². The number of aliphatic hydroxyl groups is 1. The fourth-order valence-corrected chi connectivity index (χ4v) is 2.41. The average molecular weight is 263 g/mol. The molecule has 1 N–H and O–H groups in total. The van der Waals surface area contributed by atoms with E-state index in [1.165, 1.54) is 10.5 Å². The Labute approximate surface area is 111 Å². The van der Waals surface area contributed by atoms with Crippen LogP contribution in [0.15, 0.2) is 35.4 Å². The lowest BCUT2D eigenvalue weighted by Crippen LogP contribution is -2.01. The number of aliphatic hydroxyl groups excluding tert-OH is 1. The second-order valence-corrected chi connectivity index (χ2v) is 5.28. The van der Waals surface area contributed by atoms with E-state index in [2.05, 4.69) is 41.5 Å². The van der Waals surface area contributed by atoms with Gasteiger partial charge in [0.2, 0.25) is 0 Å². The van der Waals surface area contributed by atoms with Crippen molar-refractivity contribution in [3.05, 3.63) is 41.7 Å². The molecule has 0 aliphatic heterocycles. The summed E-state index contributed by atoms with van der Waals surface area (Å²) in [6.45, 7) is 3.04. The first kappa shape index (κ1) is 13.1. The standard InChI is InChI=1S/C13H17N3OS/c1-11-2-4-13(5-3-11)18-9-7-16-10-12(6-8-17)14-15-16/h2-5,10,17H,6-9H2,1H3. The zero-order chi connectivity index (χ0) is 12.8. The molecule has 0 aliphatic carbocycles. The lowest BCUT2D eigenvalue weighted by Gasteiger charge is -2.02. The molecular formula is C13H17N3OS. The van der Waals surface area contributed by atoms with E-state index in [-0.39, 0.29) is 6.61 Å². The van der Waals surface area contributed by atoms with Crippen LogP contribution in [-0.4, -0.2) is 32.5 Å². The van der Waals surface area contributed by atoms with Gasteiger partial charge in [0.05, 0.1) is 12.2 Å². The number of benzene rings is 1. The molecule has 1 heterocycles. The summed E-state index contributed by atoms with van der Waals surface area (Å²) in [4.78, 5) is 1.27. The van der Waals surface area contributed by atoms with Gasteiger partial charge < -0.3 is 5.11 Å². The van der Waals surface area contributed by atoms with E-state index >= 15 is 0 Å². The zero-order valence-corrected chi connectivity index (χ0v) is 11.2. The van der Waals surface area contributed by atoms with Gasteiger partial charge in [-0.2, -0.15) is 0 Å². The molecule has 2 rings (SSSR count). The number of nitrogens with zero attached hydrogens (tertiary/aromatic N) is 3. The minimum atomic E-state index is 0.122. The van der Waals surface area contributed by atoms with Crippen molar-refractivity contribution in [3.63, 3.8) is 0 Å². The third-order valence-corrected chi connectivity index (χ3v) is 3.56. The van der Waals surface area contributed by atoms with Gasteiger partial charge in [-0.1, -0.05) is 22.9 Å². The monoisotopic (exact) mass is 263 g/mol. The molecule has 4 nitrogen and oxygen atoms in total. The van der Waals surface area contributed by atoms with E-state index in [0.717, 1.165) is 18.0 Å². The van der Waals surface area contributed by atoms with Crippen LogP contribution in [0, 0.1) is 6.92 Å². The number of aromatic nitrogens is 3. The van der Waals surface area contributed by atoms with Crippen molar-refractivity contribution in [2.24, 2.45) is 0 Å². The van der Waals surface area contributed by atoms with Gasteiger partial charge in [0.1, 0.15) is 0 Å². The van der Waals surface area contributed by atoms with Crippen molar-refractivity contribution in [2.75, 3.05) is 12.4 Å². The van der Waals surface area contributed by atoms with Crippen LogP contribution in [0.2, 0.25) is 0 Å². The Morgan fingerprint density at radius 3 is 2.78 bits per heavy atom. The smallest absolute Gasteiger partial charge is 0.0849 e. The minimum Gasteiger partial charge on any atom is -0.396 e. The number of hydrogen-bond donors (Lipinski definition) is 1. The molecule has 18 heavy (non-hydrogen) atoms. The second-order valence-electron chi connectivity index (χ2n) is 4.11. The molecule has 0 radical (unpaired) electrons.